The second kappa shape index (κ2) is 7.82. The number of carbonyl (C=O) groups is 3. The first-order chi connectivity index (χ1) is 17.0. The Hall–Kier alpha value is -1.91. The van der Waals surface area contributed by atoms with E-state index in [2.05, 4.69) is 34.6 Å². The van der Waals surface area contributed by atoms with Crippen LogP contribution in [-0.2, 0) is 19.1 Å². The lowest BCUT2D eigenvalue weighted by atomic mass is 9.33. The highest BCUT2D eigenvalue weighted by Gasteiger charge is 2.71. The van der Waals surface area contributed by atoms with Crippen LogP contribution in [0.4, 0.5) is 0 Å². The fraction of sp³-hybridized carbons (Fsp3) is 0.781. The number of carbonyl (C=O) groups excluding carboxylic acids is 3. The molecule has 5 aliphatic rings. The van der Waals surface area contributed by atoms with E-state index >= 15 is 0 Å². The zero-order valence-electron chi connectivity index (χ0n) is 24.1. The van der Waals surface area contributed by atoms with Crippen molar-refractivity contribution in [1.82, 2.24) is 0 Å². The van der Waals surface area contributed by atoms with Gasteiger partial charge in [-0.1, -0.05) is 54.0 Å². The molecule has 0 aromatic heterocycles. The van der Waals surface area contributed by atoms with Gasteiger partial charge in [0.05, 0.1) is 18.8 Å². The number of aliphatic hydroxyl groups is 1. The number of aliphatic hydroxyl groups excluding tert-OH is 1. The highest BCUT2D eigenvalue weighted by Crippen LogP contribution is 2.75. The number of esters is 1. The number of allylic oxidation sites excluding steroid dienone is 3. The molecule has 5 rings (SSSR count). The maximum absolute atomic E-state index is 14.4. The second-order valence-corrected chi connectivity index (χ2v) is 15.2. The molecule has 0 aromatic rings. The molecule has 5 nitrogen and oxygen atoms in total. The summed E-state index contributed by atoms with van der Waals surface area (Å²) in [4.78, 5) is 41.0. The predicted molar refractivity (Wildman–Crippen MR) is 143 cm³/mol. The number of hydrogen-bond donors (Lipinski definition) is 1. The summed E-state index contributed by atoms with van der Waals surface area (Å²) in [5.74, 6) is -0.111. The Kier molecular flexibility index (Phi) is 5.64. The molecule has 37 heavy (non-hydrogen) atoms. The zero-order valence-corrected chi connectivity index (χ0v) is 24.1. The molecule has 0 spiro atoms. The van der Waals surface area contributed by atoms with Crippen molar-refractivity contribution >= 4 is 17.5 Å². The number of rotatable bonds is 1. The molecule has 0 aromatic carbocycles. The van der Waals surface area contributed by atoms with Gasteiger partial charge in [-0.2, -0.15) is 0 Å². The monoisotopic (exact) mass is 510 g/mol. The van der Waals surface area contributed by atoms with Gasteiger partial charge in [-0.3, -0.25) is 14.4 Å². The summed E-state index contributed by atoms with van der Waals surface area (Å²) in [6, 6.07) is 0. The van der Waals surface area contributed by atoms with Crippen molar-refractivity contribution in [1.29, 1.82) is 0 Å². The number of ether oxygens (including phenoxy) is 1. The van der Waals surface area contributed by atoms with E-state index in [1.807, 2.05) is 19.9 Å². The molecule has 4 saturated carbocycles. The maximum Gasteiger partial charge on any atom is 0.312 e. The van der Waals surface area contributed by atoms with Crippen LogP contribution in [0.25, 0.3) is 0 Å². The molecule has 4 fully saturated rings. The van der Waals surface area contributed by atoms with Gasteiger partial charge in [-0.15, -0.1) is 0 Å². The molecule has 7 atom stereocenters. The Morgan fingerprint density at radius 3 is 2.27 bits per heavy atom. The normalized spacial score (nSPS) is 47.2. The average molecular weight is 511 g/mol. The molecule has 5 heteroatoms. The molecular formula is C32H46O5. The SMILES string of the molecule is COC(=O)[C@]12CCC(C)(C)C[C@@H]1[C@H]1C(=O)C=C3[C@@]4(C)C/C(=C\O)C(=O)C(C)(C)C4CC[C@@]3(C)[C@]1(C)CC2. The third kappa shape index (κ3) is 3.18. The molecule has 0 radical (unpaired) electrons. The summed E-state index contributed by atoms with van der Waals surface area (Å²) in [6.45, 7) is 15.4. The van der Waals surface area contributed by atoms with Crippen LogP contribution in [0.15, 0.2) is 23.5 Å². The molecular weight excluding hydrogens is 464 g/mol. The van der Waals surface area contributed by atoms with Crippen LogP contribution in [0.2, 0.25) is 0 Å². The lowest BCUT2D eigenvalue weighted by Gasteiger charge is -2.69. The van der Waals surface area contributed by atoms with Gasteiger partial charge in [0.25, 0.3) is 0 Å². The minimum Gasteiger partial charge on any atom is -0.515 e. The highest BCUT2D eigenvalue weighted by atomic mass is 16.5. The van der Waals surface area contributed by atoms with E-state index in [9.17, 15) is 19.5 Å². The number of Topliss-reactive ketones (excluding diaryl/α,β-unsaturated/α-hetero) is 1. The fourth-order valence-corrected chi connectivity index (χ4v) is 10.5. The van der Waals surface area contributed by atoms with Crippen molar-refractivity contribution in [3.8, 4) is 0 Å². The Balaban J connectivity index is 1.68. The average Bonchev–Trinajstić information content (AvgIpc) is 2.82. The van der Waals surface area contributed by atoms with Crippen molar-refractivity contribution in [2.75, 3.05) is 7.11 Å². The molecule has 204 valence electrons. The first-order valence-corrected chi connectivity index (χ1v) is 14.3. The van der Waals surface area contributed by atoms with Crippen molar-refractivity contribution in [3.05, 3.63) is 23.5 Å². The first kappa shape index (κ1) is 26.7. The van der Waals surface area contributed by atoms with Gasteiger partial charge in [0.1, 0.15) is 0 Å². The third-order valence-electron chi connectivity index (χ3n) is 12.7. The highest BCUT2D eigenvalue weighted by molar-refractivity contribution is 6.01. The molecule has 0 aliphatic heterocycles. The van der Waals surface area contributed by atoms with E-state index in [0.29, 0.717) is 12.0 Å². The Bertz CT molecular complexity index is 1130. The number of fused-ring (bicyclic) bond motifs is 7. The summed E-state index contributed by atoms with van der Waals surface area (Å²) in [6.07, 6.45) is 9.42. The largest absolute Gasteiger partial charge is 0.515 e. The Morgan fingerprint density at radius 2 is 1.65 bits per heavy atom. The molecule has 5 aliphatic carbocycles. The summed E-state index contributed by atoms with van der Waals surface area (Å²) in [5.41, 5.74) is -0.375. The molecule has 1 unspecified atom stereocenters. The van der Waals surface area contributed by atoms with Gasteiger partial charge >= 0.3 is 5.97 Å². The van der Waals surface area contributed by atoms with Gasteiger partial charge < -0.3 is 9.84 Å². The van der Waals surface area contributed by atoms with Gasteiger partial charge in [0.15, 0.2) is 11.6 Å². The zero-order chi connectivity index (χ0) is 27.4. The first-order valence-electron chi connectivity index (χ1n) is 14.3. The van der Waals surface area contributed by atoms with Crippen molar-refractivity contribution in [2.24, 2.45) is 50.2 Å². The maximum atomic E-state index is 14.4. The van der Waals surface area contributed by atoms with Gasteiger partial charge in [-0.05, 0) is 90.9 Å². The van der Waals surface area contributed by atoms with Crippen molar-refractivity contribution in [3.63, 3.8) is 0 Å². The van der Waals surface area contributed by atoms with E-state index in [-0.39, 0.29) is 56.9 Å². The summed E-state index contributed by atoms with van der Waals surface area (Å²) >= 11 is 0. The summed E-state index contributed by atoms with van der Waals surface area (Å²) in [5, 5.41) is 10.0. The Labute approximate surface area is 222 Å². The standard InChI is InChI=1S/C32H46O5/c1-27(2)11-13-32(26(36)37-8)14-12-31(7)24(20(32)17-27)21(34)15-23-29(5)16-19(18-33)25(35)28(3,4)22(29)9-10-30(23,31)6/h15,18,20,22,24,33H,9-14,16-17H2,1-8H3/b19-18+/t20-,22?,24+,29+,30-,31-,32+/m1/s1. The van der Waals surface area contributed by atoms with Crippen LogP contribution < -0.4 is 0 Å². The van der Waals surface area contributed by atoms with E-state index in [1.54, 1.807) is 0 Å². The van der Waals surface area contributed by atoms with Crippen LogP contribution in [0.3, 0.4) is 0 Å². The summed E-state index contributed by atoms with van der Waals surface area (Å²) in [7, 11) is 1.49. The van der Waals surface area contributed by atoms with E-state index in [4.69, 9.17) is 4.74 Å². The summed E-state index contributed by atoms with van der Waals surface area (Å²) < 4.78 is 5.41. The number of ketones is 2. The molecule has 0 amide bonds. The quantitative estimate of drug-likeness (QED) is 0.239. The smallest absolute Gasteiger partial charge is 0.312 e. The second-order valence-electron chi connectivity index (χ2n) is 15.2. The van der Waals surface area contributed by atoms with E-state index in [1.165, 1.54) is 12.7 Å². The van der Waals surface area contributed by atoms with Gasteiger partial charge in [-0.25, -0.2) is 0 Å². The van der Waals surface area contributed by atoms with Gasteiger partial charge in [0, 0.05) is 16.9 Å². The lowest BCUT2D eigenvalue weighted by Crippen LogP contribution is -2.66. The topological polar surface area (TPSA) is 80.7 Å². The van der Waals surface area contributed by atoms with E-state index in [0.717, 1.165) is 51.2 Å². The minimum absolute atomic E-state index is 0.0258. The van der Waals surface area contributed by atoms with Crippen LogP contribution >= 0.6 is 0 Å². The van der Waals surface area contributed by atoms with Crippen LogP contribution in [0.5, 0.6) is 0 Å². The molecule has 0 bridgehead atoms. The Morgan fingerprint density at radius 1 is 1.00 bits per heavy atom. The van der Waals surface area contributed by atoms with Crippen LogP contribution in [-0.4, -0.2) is 29.8 Å². The van der Waals surface area contributed by atoms with E-state index < -0.39 is 10.8 Å². The predicted octanol–water partition coefficient (Wildman–Crippen LogP) is 6.76. The third-order valence-corrected chi connectivity index (χ3v) is 12.7. The molecule has 0 heterocycles. The van der Waals surface area contributed by atoms with Crippen LogP contribution in [0, 0.1) is 50.2 Å². The van der Waals surface area contributed by atoms with Crippen LogP contribution in [0.1, 0.15) is 99.8 Å². The number of hydrogen-bond acceptors (Lipinski definition) is 5. The molecule has 1 N–H and O–H groups in total. The molecule has 0 saturated heterocycles. The van der Waals surface area contributed by atoms with Gasteiger partial charge in [0.2, 0.25) is 0 Å². The van der Waals surface area contributed by atoms with Crippen molar-refractivity contribution < 1.29 is 24.2 Å². The van der Waals surface area contributed by atoms with Crippen molar-refractivity contribution in [2.45, 2.75) is 99.8 Å². The lowest BCUT2D eigenvalue weighted by molar-refractivity contribution is -0.192. The number of methoxy groups -OCH3 is 1. The fourth-order valence-electron chi connectivity index (χ4n) is 10.5. The minimum atomic E-state index is -0.607.